The zero-order chi connectivity index (χ0) is 22.2. The molecule has 0 aliphatic heterocycles. The number of hydrogen-bond acceptors (Lipinski definition) is 4. The van der Waals surface area contributed by atoms with Crippen molar-refractivity contribution < 1.29 is 10.2 Å². The number of hydrogen-bond donors (Lipinski definition) is 2. The van der Waals surface area contributed by atoms with Crippen LogP contribution in [0.4, 0.5) is 11.4 Å². The van der Waals surface area contributed by atoms with Crippen LogP contribution in [-0.4, -0.2) is 48.9 Å². The van der Waals surface area contributed by atoms with Crippen LogP contribution in [-0.2, 0) is 0 Å². The SMILES string of the molecule is Oc1ccccc1C=Nc1ccc([Se][Se]c2ccc(N=Cc3ccccc3O)cc2)cc1. The predicted molar refractivity (Wildman–Crippen MR) is 134 cm³/mol. The van der Waals surface area contributed by atoms with Crippen molar-refractivity contribution in [1.82, 2.24) is 0 Å². The number of phenols is 2. The fourth-order valence-electron chi connectivity index (χ4n) is 2.75. The zero-order valence-electron chi connectivity index (χ0n) is 17.0. The first-order valence-electron chi connectivity index (χ1n) is 9.86. The van der Waals surface area contributed by atoms with E-state index in [2.05, 4.69) is 34.3 Å². The van der Waals surface area contributed by atoms with Crippen molar-refractivity contribution >= 4 is 59.0 Å². The van der Waals surface area contributed by atoms with Crippen molar-refractivity contribution in [3.8, 4) is 11.5 Å². The molecule has 0 aliphatic carbocycles. The summed E-state index contributed by atoms with van der Waals surface area (Å²) in [5, 5.41) is 19.6. The number of nitrogens with zero attached hydrogens (tertiary/aromatic N) is 2. The average molecular weight is 550 g/mol. The van der Waals surface area contributed by atoms with Gasteiger partial charge in [0.25, 0.3) is 0 Å². The predicted octanol–water partition coefficient (Wildman–Crippen LogP) is 3.87. The van der Waals surface area contributed by atoms with E-state index >= 15 is 0 Å². The van der Waals surface area contributed by atoms with Gasteiger partial charge in [0, 0.05) is 0 Å². The molecule has 0 fully saturated rings. The van der Waals surface area contributed by atoms with Gasteiger partial charge in [0.1, 0.15) is 0 Å². The minimum atomic E-state index is 0.230. The Morgan fingerprint density at radius 1 is 0.500 bits per heavy atom. The number of phenolic OH excluding ortho intramolecular Hbond substituents is 2. The molecule has 0 spiro atoms. The first kappa shape index (κ1) is 22.1. The van der Waals surface area contributed by atoms with Crippen molar-refractivity contribution in [1.29, 1.82) is 0 Å². The fraction of sp³-hybridized carbons (Fsp3) is 0. The molecule has 0 aromatic heterocycles. The van der Waals surface area contributed by atoms with E-state index in [1.807, 2.05) is 48.5 Å². The van der Waals surface area contributed by atoms with Gasteiger partial charge >= 0.3 is 199 Å². The number of aliphatic imine (C=N–C) groups is 2. The summed E-state index contributed by atoms with van der Waals surface area (Å²) in [5.41, 5.74) is 3.15. The molecule has 0 bridgehead atoms. The van der Waals surface area contributed by atoms with Gasteiger partial charge in [-0.05, 0) is 0 Å². The molecule has 0 saturated carbocycles. The summed E-state index contributed by atoms with van der Waals surface area (Å²) in [6.07, 6.45) is 3.37. The molecule has 2 N–H and O–H groups in total. The fourth-order valence-corrected chi connectivity index (χ4v) is 8.72. The van der Waals surface area contributed by atoms with Gasteiger partial charge in [0.05, 0.1) is 0 Å². The van der Waals surface area contributed by atoms with Crippen LogP contribution >= 0.6 is 0 Å². The van der Waals surface area contributed by atoms with Crippen LogP contribution in [0.15, 0.2) is 107 Å². The van der Waals surface area contributed by atoms with Gasteiger partial charge < -0.3 is 0 Å². The molecule has 4 aromatic rings. The molecule has 6 heteroatoms. The van der Waals surface area contributed by atoms with Gasteiger partial charge in [0.2, 0.25) is 0 Å². The molecule has 0 aliphatic rings. The third-order valence-corrected chi connectivity index (χ3v) is 11.7. The summed E-state index contributed by atoms with van der Waals surface area (Å²) < 4.78 is 2.67. The number of para-hydroxylation sites is 2. The molecule has 4 nitrogen and oxygen atoms in total. The minimum absolute atomic E-state index is 0.230. The van der Waals surface area contributed by atoms with E-state index in [-0.39, 0.29) is 11.5 Å². The number of rotatable bonds is 7. The first-order valence-corrected chi connectivity index (χ1v) is 15.9. The summed E-state index contributed by atoms with van der Waals surface area (Å²) in [6.45, 7) is 0. The van der Waals surface area contributed by atoms with Gasteiger partial charge in [-0.1, -0.05) is 0 Å². The van der Waals surface area contributed by atoms with Gasteiger partial charge in [-0.25, -0.2) is 0 Å². The molecular weight excluding hydrogens is 530 g/mol. The second kappa shape index (κ2) is 10.9. The topological polar surface area (TPSA) is 65.2 Å². The van der Waals surface area contributed by atoms with Crippen molar-refractivity contribution in [2.75, 3.05) is 0 Å². The molecule has 158 valence electrons. The zero-order valence-corrected chi connectivity index (χ0v) is 20.4. The van der Waals surface area contributed by atoms with Crippen LogP contribution in [0.3, 0.4) is 0 Å². The molecule has 32 heavy (non-hydrogen) atoms. The van der Waals surface area contributed by atoms with Crippen LogP contribution in [0.2, 0.25) is 0 Å². The van der Waals surface area contributed by atoms with Crippen LogP contribution in [0.5, 0.6) is 11.5 Å². The average Bonchev–Trinajstić information content (AvgIpc) is 2.83. The summed E-state index contributed by atoms with van der Waals surface area (Å²) >= 11 is 0.765. The summed E-state index contributed by atoms with van der Waals surface area (Å²) in [4.78, 5) is 8.90. The molecule has 4 aromatic carbocycles. The molecule has 0 saturated heterocycles. The first-order chi connectivity index (χ1) is 15.7. The third-order valence-electron chi connectivity index (χ3n) is 4.49. The maximum atomic E-state index is 9.82. The Kier molecular flexibility index (Phi) is 7.54. The molecular formula is C26H20N2O2Se2. The summed E-state index contributed by atoms with van der Waals surface area (Å²) in [6, 6.07) is 30.9. The molecule has 0 heterocycles. The maximum absolute atomic E-state index is 9.82. The Balaban J connectivity index is 1.32. The third kappa shape index (κ3) is 6.19. The Morgan fingerprint density at radius 3 is 1.25 bits per heavy atom. The quantitative estimate of drug-likeness (QED) is 0.271. The Morgan fingerprint density at radius 2 is 0.875 bits per heavy atom. The second-order valence-electron chi connectivity index (χ2n) is 6.79. The van der Waals surface area contributed by atoms with E-state index in [0.29, 0.717) is 37.4 Å². The van der Waals surface area contributed by atoms with Gasteiger partial charge in [-0.15, -0.1) is 0 Å². The molecule has 0 amide bonds. The van der Waals surface area contributed by atoms with E-state index in [0.717, 1.165) is 11.4 Å². The summed E-state index contributed by atoms with van der Waals surface area (Å²) in [5.74, 6) is 0.461. The van der Waals surface area contributed by atoms with Crippen molar-refractivity contribution in [3.63, 3.8) is 0 Å². The van der Waals surface area contributed by atoms with Crippen LogP contribution in [0, 0.1) is 0 Å². The van der Waals surface area contributed by atoms with Crippen LogP contribution in [0.25, 0.3) is 0 Å². The normalized spacial score (nSPS) is 11.4. The van der Waals surface area contributed by atoms with Gasteiger partial charge in [-0.2, -0.15) is 0 Å². The van der Waals surface area contributed by atoms with E-state index in [1.54, 1.807) is 36.7 Å². The molecule has 0 unspecified atom stereocenters. The Hall–Kier alpha value is -3.14. The number of benzene rings is 4. The molecule has 4 rings (SSSR count). The van der Waals surface area contributed by atoms with E-state index in [9.17, 15) is 10.2 Å². The van der Waals surface area contributed by atoms with E-state index < -0.39 is 0 Å². The van der Waals surface area contributed by atoms with Gasteiger partial charge in [0.15, 0.2) is 0 Å². The standard InChI is InChI=1S/C26H20N2O2Se2/c29-25-7-3-1-5-19(25)17-27-21-9-13-23(14-10-21)31-32-24-15-11-22(12-16-24)28-18-20-6-2-4-8-26(20)30/h1-18,29-30H. The molecule has 0 atom stereocenters. The van der Waals surface area contributed by atoms with Crippen molar-refractivity contribution in [2.45, 2.75) is 0 Å². The van der Waals surface area contributed by atoms with Crippen LogP contribution in [0.1, 0.15) is 11.1 Å². The van der Waals surface area contributed by atoms with Crippen molar-refractivity contribution in [2.24, 2.45) is 9.98 Å². The van der Waals surface area contributed by atoms with E-state index in [4.69, 9.17) is 0 Å². The van der Waals surface area contributed by atoms with Crippen LogP contribution < -0.4 is 8.92 Å². The Bertz CT molecular complexity index is 1140. The monoisotopic (exact) mass is 552 g/mol. The number of aromatic hydroxyl groups is 2. The van der Waals surface area contributed by atoms with E-state index in [1.165, 1.54) is 8.92 Å². The summed E-state index contributed by atoms with van der Waals surface area (Å²) in [7, 11) is 0. The van der Waals surface area contributed by atoms with Crippen molar-refractivity contribution in [3.05, 3.63) is 108 Å². The second-order valence-corrected chi connectivity index (χ2v) is 13.1. The van der Waals surface area contributed by atoms with Gasteiger partial charge in [-0.3, -0.25) is 0 Å². The Labute approximate surface area is 198 Å². The molecule has 0 radical (unpaired) electrons.